The lowest BCUT2D eigenvalue weighted by Crippen LogP contribution is -2.32. The zero-order chi connectivity index (χ0) is 17.7. The Hall–Kier alpha value is -2.73. The molecular formula is C17H18ClN3O3. The third kappa shape index (κ3) is 4.39. The fourth-order valence-electron chi connectivity index (χ4n) is 2.15. The molecule has 0 spiro atoms. The number of para-hydroxylation sites is 1. The highest BCUT2D eigenvalue weighted by atomic mass is 35.5. The number of hydrogen-bond acceptors (Lipinski definition) is 3. The highest BCUT2D eigenvalue weighted by Gasteiger charge is 2.10. The molecule has 0 aliphatic rings. The first kappa shape index (κ1) is 17.6. The van der Waals surface area contributed by atoms with E-state index in [0.29, 0.717) is 16.5 Å². The van der Waals surface area contributed by atoms with Crippen LogP contribution in [0.25, 0.3) is 0 Å². The fraction of sp³-hybridized carbons (Fsp3) is 0.176. The van der Waals surface area contributed by atoms with Crippen LogP contribution in [-0.4, -0.2) is 18.7 Å². The molecule has 2 aromatic carbocycles. The topological polar surface area (TPSA) is 93.4 Å². The van der Waals surface area contributed by atoms with Crippen molar-refractivity contribution in [3.05, 3.63) is 58.1 Å². The van der Waals surface area contributed by atoms with Crippen LogP contribution in [0, 0.1) is 13.8 Å². The molecule has 0 bridgehead atoms. The molecule has 0 saturated heterocycles. The second-order valence-corrected chi connectivity index (χ2v) is 5.58. The van der Waals surface area contributed by atoms with Crippen LogP contribution in [0.5, 0.6) is 5.75 Å². The number of carbonyl (C=O) groups is 2. The minimum Gasteiger partial charge on any atom is -0.473 e. The molecule has 0 saturated carbocycles. The molecule has 7 heteroatoms. The van der Waals surface area contributed by atoms with E-state index in [2.05, 4.69) is 10.6 Å². The lowest BCUT2D eigenvalue weighted by atomic mass is 10.1. The first-order valence-corrected chi connectivity index (χ1v) is 7.59. The summed E-state index contributed by atoms with van der Waals surface area (Å²) in [6.07, 6.45) is 0. The van der Waals surface area contributed by atoms with Crippen molar-refractivity contribution in [3.8, 4) is 5.75 Å². The Bertz CT molecular complexity index is 754. The van der Waals surface area contributed by atoms with Crippen LogP contribution in [-0.2, 0) is 0 Å². The largest absolute Gasteiger partial charge is 0.473 e. The number of aryl methyl sites for hydroxylation is 2. The number of primary amides is 1. The van der Waals surface area contributed by atoms with Crippen molar-refractivity contribution in [2.75, 3.05) is 12.0 Å². The maximum absolute atomic E-state index is 11.9. The van der Waals surface area contributed by atoms with Gasteiger partial charge in [0.25, 0.3) is 5.91 Å². The molecule has 0 aliphatic carbocycles. The van der Waals surface area contributed by atoms with E-state index in [1.54, 1.807) is 30.3 Å². The summed E-state index contributed by atoms with van der Waals surface area (Å²) in [6, 6.07) is 9.55. The van der Waals surface area contributed by atoms with Crippen LogP contribution in [0.1, 0.15) is 21.5 Å². The number of nitrogens with one attached hydrogen (secondary N) is 2. The maximum Gasteiger partial charge on any atom is 0.321 e. The molecule has 0 radical (unpaired) electrons. The fourth-order valence-corrected chi connectivity index (χ4v) is 2.26. The first-order chi connectivity index (χ1) is 11.4. The molecule has 0 aliphatic heterocycles. The summed E-state index contributed by atoms with van der Waals surface area (Å²) in [6.45, 7) is 3.72. The number of amides is 3. The standard InChI is InChI=1S/C17H18ClN3O3/c1-10-7-12(8-11(2)15(10)18)24-9-20-17(23)21-14-6-4-3-5-13(14)16(19)22/h3-8H,9H2,1-2H3,(H2,19,22)(H2,20,21,23). The number of nitrogens with two attached hydrogens (primary N) is 1. The second-order valence-electron chi connectivity index (χ2n) is 5.20. The predicted molar refractivity (Wildman–Crippen MR) is 93.5 cm³/mol. The Morgan fingerprint density at radius 1 is 1.17 bits per heavy atom. The van der Waals surface area contributed by atoms with E-state index in [9.17, 15) is 9.59 Å². The number of carbonyl (C=O) groups excluding carboxylic acids is 2. The Kier molecular flexibility index (Phi) is 5.65. The average Bonchev–Trinajstić information content (AvgIpc) is 2.52. The quantitative estimate of drug-likeness (QED) is 0.725. The van der Waals surface area contributed by atoms with Gasteiger partial charge in [-0.15, -0.1) is 0 Å². The Morgan fingerprint density at radius 3 is 2.42 bits per heavy atom. The van der Waals surface area contributed by atoms with Crippen molar-refractivity contribution < 1.29 is 14.3 Å². The van der Waals surface area contributed by atoms with Crippen LogP contribution in [0.15, 0.2) is 36.4 Å². The maximum atomic E-state index is 11.9. The highest BCUT2D eigenvalue weighted by molar-refractivity contribution is 6.32. The molecule has 0 fully saturated rings. The van der Waals surface area contributed by atoms with Crippen LogP contribution in [0.3, 0.4) is 0 Å². The van der Waals surface area contributed by atoms with Crippen molar-refractivity contribution in [3.63, 3.8) is 0 Å². The van der Waals surface area contributed by atoms with E-state index in [1.165, 1.54) is 6.07 Å². The van der Waals surface area contributed by atoms with Gasteiger partial charge < -0.3 is 21.1 Å². The van der Waals surface area contributed by atoms with Crippen LogP contribution >= 0.6 is 11.6 Å². The molecule has 0 aromatic heterocycles. The van der Waals surface area contributed by atoms with Gasteiger partial charge in [-0.05, 0) is 49.2 Å². The molecule has 6 nitrogen and oxygen atoms in total. The smallest absolute Gasteiger partial charge is 0.321 e. The highest BCUT2D eigenvalue weighted by Crippen LogP contribution is 2.25. The van der Waals surface area contributed by atoms with E-state index < -0.39 is 11.9 Å². The summed E-state index contributed by atoms with van der Waals surface area (Å²) in [7, 11) is 0. The van der Waals surface area contributed by atoms with E-state index in [-0.39, 0.29) is 12.3 Å². The normalized spacial score (nSPS) is 10.1. The molecule has 2 rings (SSSR count). The molecule has 0 unspecified atom stereocenters. The monoisotopic (exact) mass is 347 g/mol. The van der Waals surface area contributed by atoms with E-state index in [1.807, 2.05) is 13.8 Å². The van der Waals surface area contributed by atoms with E-state index in [4.69, 9.17) is 22.1 Å². The number of rotatable bonds is 5. The van der Waals surface area contributed by atoms with Crippen molar-refractivity contribution in [2.24, 2.45) is 5.73 Å². The van der Waals surface area contributed by atoms with Crippen molar-refractivity contribution in [2.45, 2.75) is 13.8 Å². The summed E-state index contributed by atoms with van der Waals surface area (Å²) in [5.74, 6) is -0.0125. The van der Waals surface area contributed by atoms with Gasteiger partial charge >= 0.3 is 6.03 Å². The number of ether oxygens (including phenoxy) is 1. The number of halogens is 1. The van der Waals surface area contributed by atoms with E-state index in [0.717, 1.165) is 11.1 Å². The van der Waals surface area contributed by atoms with Crippen molar-refractivity contribution in [1.82, 2.24) is 5.32 Å². The Balaban J connectivity index is 1.92. The number of urea groups is 1. The van der Waals surface area contributed by atoms with E-state index >= 15 is 0 Å². The van der Waals surface area contributed by atoms with Gasteiger partial charge in [-0.1, -0.05) is 23.7 Å². The zero-order valence-corrected chi connectivity index (χ0v) is 14.1. The average molecular weight is 348 g/mol. The molecular weight excluding hydrogens is 330 g/mol. The lowest BCUT2D eigenvalue weighted by Gasteiger charge is -2.12. The van der Waals surface area contributed by atoms with Crippen LogP contribution in [0.4, 0.5) is 10.5 Å². The SMILES string of the molecule is Cc1cc(OCNC(=O)Nc2ccccc2C(N)=O)cc(C)c1Cl. The number of anilines is 1. The molecule has 0 heterocycles. The summed E-state index contributed by atoms with van der Waals surface area (Å²) < 4.78 is 5.49. The molecule has 24 heavy (non-hydrogen) atoms. The minimum atomic E-state index is -0.616. The van der Waals surface area contributed by atoms with Gasteiger partial charge in [0.15, 0.2) is 6.73 Å². The Morgan fingerprint density at radius 2 is 1.79 bits per heavy atom. The summed E-state index contributed by atoms with van der Waals surface area (Å²) in [4.78, 5) is 23.2. The zero-order valence-electron chi connectivity index (χ0n) is 13.4. The predicted octanol–water partition coefficient (Wildman–Crippen LogP) is 3.21. The van der Waals surface area contributed by atoms with Crippen molar-refractivity contribution >= 4 is 29.2 Å². The van der Waals surface area contributed by atoms with Gasteiger partial charge in [-0.2, -0.15) is 0 Å². The van der Waals surface area contributed by atoms with Gasteiger partial charge in [-0.3, -0.25) is 4.79 Å². The number of hydrogen-bond donors (Lipinski definition) is 3. The molecule has 126 valence electrons. The van der Waals surface area contributed by atoms with Gasteiger partial charge in [0.2, 0.25) is 0 Å². The van der Waals surface area contributed by atoms with Gasteiger partial charge in [0.1, 0.15) is 5.75 Å². The lowest BCUT2D eigenvalue weighted by molar-refractivity contribution is 0.100. The molecule has 0 atom stereocenters. The van der Waals surface area contributed by atoms with Crippen LogP contribution in [0.2, 0.25) is 5.02 Å². The molecule has 3 amide bonds. The third-order valence-corrected chi connectivity index (χ3v) is 3.92. The summed E-state index contributed by atoms with van der Waals surface area (Å²) in [5.41, 5.74) is 7.62. The van der Waals surface area contributed by atoms with Crippen LogP contribution < -0.4 is 21.1 Å². The second kappa shape index (κ2) is 7.70. The minimum absolute atomic E-state index is 0.0366. The summed E-state index contributed by atoms with van der Waals surface area (Å²) >= 11 is 6.09. The molecule has 4 N–H and O–H groups in total. The van der Waals surface area contributed by atoms with Gasteiger partial charge in [0.05, 0.1) is 11.3 Å². The van der Waals surface area contributed by atoms with Crippen molar-refractivity contribution in [1.29, 1.82) is 0 Å². The first-order valence-electron chi connectivity index (χ1n) is 7.21. The summed E-state index contributed by atoms with van der Waals surface area (Å²) in [5, 5.41) is 5.79. The van der Waals surface area contributed by atoms with Gasteiger partial charge in [-0.25, -0.2) is 4.79 Å². The number of benzene rings is 2. The molecule has 2 aromatic rings. The third-order valence-electron chi connectivity index (χ3n) is 3.32. The van der Waals surface area contributed by atoms with Gasteiger partial charge in [0, 0.05) is 5.02 Å². The Labute approximate surface area is 144 Å².